The SMILES string of the molecule is O=C1C2=CC(Oc3ccc(C(F)(F)F)cn3)CN2CCN1S(=O)(=O)c1cccc(C(F)(F)F)c1. The molecule has 34 heavy (non-hydrogen) atoms. The highest BCUT2D eigenvalue weighted by atomic mass is 32.2. The summed E-state index contributed by atoms with van der Waals surface area (Å²) < 4.78 is 109. The molecule has 0 N–H and O–H groups in total. The molecule has 1 aromatic carbocycles. The van der Waals surface area contributed by atoms with Crippen LogP contribution in [-0.4, -0.2) is 54.3 Å². The van der Waals surface area contributed by atoms with E-state index in [4.69, 9.17) is 4.74 Å². The van der Waals surface area contributed by atoms with Gasteiger partial charge >= 0.3 is 12.4 Å². The zero-order chi connectivity index (χ0) is 24.9. The largest absolute Gasteiger partial charge is 0.468 e. The number of amides is 1. The molecule has 1 saturated heterocycles. The maximum atomic E-state index is 13.0. The number of aromatic nitrogens is 1. The molecule has 14 heteroatoms. The van der Waals surface area contributed by atoms with Gasteiger partial charge in [-0.2, -0.15) is 26.3 Å². The number of carbonyl (C=O) groups excluding carboxylic acids is 1. The van der Waals surface area contributed by atoms with Crippen molar-refractivity contribution < 1.29 is 44.3 Å². The highest BCUT2D eigenvalue weighted by Crippen LogP contribution is 2.33. The smallest absolute Gasteiger partial charge is 0.417 e. The van der Waals surface area contributed by atoms with Gasteiger partial charge in [0.25, 0.3) is 15.9 Å². The van der Waals surface area contributed by atoms with Crippen LogP contribution in [0.15, 0.2) is 59.3 Å². The summed E-state index contributed by atoms with van der Waals surface area (Å²) in [6.45, 7) is -0.142. The molecule has 1 amide bonds. The highest BCUT2D eigenvalue weighted by molar-refractivity contribution is 7.89. The molecule has 0 bridgehead atoms. The predicted octanol–water partition coefficient (Wildman–Crippen LogP) is 3.30. The molecule has 0 spiro atoms. The van der Waals surface area contributed by atoms with E-state index >= 15 is 0 Å². The number of benzene rings is 1. The van der Waals surface area contributed by atoms with E-state index in [1.165, 1.54) is 11.0 Å². The Hall–Kier alpha value is -3.29. The van der Waals surface area contributed by atoms with Crippen LogP contribution in [0.1, 0.15) is 11.1 Å². The number of fused-ring (bicyclic) bond motifs is 1. The first kappa shape index (κ1) is 23.9. The fraction of sp³-hybridized carbons (Fsp3) is 0.300. The molecule has 1 fully saturated rings. The van der Waals surface area contributed by atoms with E-state index in [0.717, 1.165) is 30.3 Å². The normalized spacial score (nSPS) is 19.2. The Morgan fingerprint density at radius 1 is 0.971 bits per heavy atom. The quantitative estimate of drug-likeness (QED) is 0.591. The summed E-state index contributed by atoms with van der Waals surface area (Å²) in [5.41, 5.74) is -2.18. The highest BCUT2D eigenvalue weighted by Gasteiger charge is 2.42. The van der Waals surface area contributed by atoms with Gasteiger partial charge in [0.15, 0.2) is 0 Å². The van der Waals surface area contributed by atoms with Crippen LogP contribution >= 0.6 is 0 Å². The van der Waals surface area contributed by atoms with Gasteiger partial charge < -0.3 is 9.64 Å². The Labute approximate surface area is 189 Å². The van der Waals surface area contributed by atoms with Gasteiger partial charge in [0, 0.05) is 18.8 Å². The van der Waals surface area contributed by atoms with Crippen LogP contribution in [0.4, 0.5) is 26.3 Å². The number of ether oxygens (including phenoxy) is 1. The molecule has 0 saturated carbocycles. The molecule has 1 atom stereocenters. The van der Waals surface area contributed by atoms with Crippen molar-refractivity contribution >= 4 is 15.9 Å². The number of piperazine rings is 1. The van der Waals surface area contributed by atoms with Gasteiger partial charge in [0.1, 0.15) is 11.8 Å². The lowest BCUT2D eigenvalue weighted by atomic mass is 10.2. The van der Waals surface area contributed by atoms with Crippen LogP contribution in [0.5, 0.6) is 5.88 Å². The molecular formula is C20H15F6N3O4S. The third kappa shape index (κ3) is 4.54. The summed E-state index contributed by atoms with van der Waals surface area (Å²) in [4.78, 5) is 17.3. The molecule has 3 heterocycles. The number of pyridine rings is 1. The van der Waals surface area contributed by atoms with E-state index in [2.05, 4.69) is 4.98 Å². The van der Waals surface area contributed by atoms with E-state index in [1.807, 2.05) is 0 Å². The summed E-state index contributed by atoms with van der Waals surface area (Å²) in [5, 5.41) is 0. The number of nitrogens with zero attached hydrogens (tertiary/aromatic N) is 3. The third-order valence-electron chi connectivity index (χ3n) is 5.19. The summed E-state index contributed by atoms with van der Waals surface area (Å²) in [7, 11) is -4.57. The molecular weight excluding hydrogens is 492 g/mol. The fourth-order valence-electron chi connectivity index (χ4n) is 3.54. The lowest BCUT2D eigenvalue weighted by Gasteiger charge is -2.34. The van der Waals surface area contributed by atoms with Crippen molar-refractivity contribution in [3.05, 3.63) is 65.5 Å². The molecule has 2 aliphatic heterocycles. The molecule has 2 aromatic rings. The monoisotopic (exact) mass is 507 g/mol. The molecule has 1 aromatic heterocycles. The van der Waals surface area contributed by atoms with Gasteiger partial charge in [-0.25, -0.2) is 17.7 Å². The zero-order valence-corrected chi connectivity index (χ0v) is 17.8. The first-order valence-corrected chi connectivity index (χ1v) is 11.1. The van der Waals surface area contributed by atoms with Crippen molar-refractivity contribution in [1.29, 1.82) is 0 Å². The Kier molecular flexibility index (Phi) is 5.74. The number of hydrogen-bond donors (Lipinski definition) is 0. The van der Waals surface area contributed by atoms with Crippen LogP contribution in [0.3, 0.4) is 0 Å². The topological polar surface area (TPSA) is 79.8 Å². The standard InChI is InChI=1S/C20H15F6N3O4S/c21-19(22,23)12-2-1-3-15(8-12)34(31,32)29-7-6-28-11-14(9-16(28)18(29)30)33-17-5-4-13(10-27-17)20(24,25)26/h1-5,8-10,14H,6-7,11H2. The van der Waals surface area contributed by atoms with Gasteiger partial charge in [0.05, 0.1) is 29.1 Å². The second-order valence-corrected chi connectivity index (χ2v) is 9.31. The van der Waals surface area contributed by atoms with E-state index < -0.39 is 50.4 Å². The van der Waals surface area contributed by atoms with E-state index in [1.54, 1.807) is 0 Å². The molecule has 4 rings (SSSR count). The lowest BCUT2D eigenvalue weighted by Crippen LogP contribution is -2.50. The van der Waals surface area contributed by atoms with E-state index in [0.29, 0.717) is 16.6 Å². The molecule has 182 valence electrons. The van der Waals surface area contributed by atoms with Crippen molar-refractivity contribution in [3.8, 4) is 5.88 Å². The summed E-state index contributed by atoms with van der Waals surface area (Å²) in [6, 6.07) is 4.88. The van der Waals surface area contributed by atoms with Gasteiger partial charge in [-0.15, -0.1) is 0 Å². The van der Waals surface area contributed by atoms with Gasteiger partial charge in [-0.3, -0.25) is 4.79 Å². The Bertz CT molecular complexity index is 1240. The Morgan fingerprint density at radius 2 is 1.68 bits per heavy atom. The third-order valence-corrected chi connectivity index (χ3v) is 6.97. The van der Waals surface area contributed by atoms with Crippen LogP contribution in [-0.2, 0) is 27.2 Å². The summed E-state index contributed by atoms with van der Waals surface area (Å²) >= 11 is 0. The minimum atomic E-state index is -4.76. The van der Waals surface area contributed by atoms with Crippen LogP contribution in [0, 0.1) is 0 Å². The van der Waals surface area contributed by atoms with Crippen LogP contribution < -0.4 is 4.74 Å². The van der Waals surface area contributed by atoms with E-state index in [-0.39, 0.29) is 31.2 Å². The number of alkyl halides is 6. The Morgan fingerprint density at radius 3 is 2.29 bits per heavy atom. The molecule has 0 radical (unpaired) electrons. The van der Waals surface area contributed by atoms with Crippen molar-refractivity contribution in [1.82, 2.24) is 14.2 Å². The van der Waals surface area contributed by atoms with Crippen molar-refractivity contribution in [2.45, 2.75) is 23.4 Å². The van der Waals surface area contributed by atoms with Crippen molar-refractivity contribution in [3.63, 3.8) is 0 Å². The molecule has 0 aliphatic carbocycles. The number of rotatable bonds is 4. The van der Waals surface area contributed by atoms with Crippen LogP contribution in [0.2, 0.25) is 0 Å². The molecule has 2 aliphatic rings. The average molecular weight is 507 g/mol. The number of hydrogen-bond acceptors (Lipinski definition) is 6. The Balaban J connectivity index is 1.53. The van der Waals surface area contributed by atoms with E-state index in [9.17, 15) is 39.6 Å². The number of sulfonamides is 1. The van der Waals surface area contributed by atoms with Crippen molar-refractivity contribution in [2.24, 2.45) is 0 Å². The first-order valence-electron chi connectivity index (χ1n) is 9.68. The first-order chi connectivity index (χ1) is 15.8. The maximum absolute atomic E-state index is 13.0. The minimum absolute atomic E-state index is 0.0429. The van der Waals surface area contributed by atoms with Gasteiger partial charge in [-0.05, 0) is 30.3 Å². The maximum Gasteiger partial charge on any atom is 0.417 e. The minimum Gasteiger partial charge on any atom is -0.468 e. The molecule has 7 nitrogen and oxygen atoms in total. The second-order valence-electron chi connectivity index (χ2n) is 7.45. The van der Waals surface area contributed by atoms with Crippen molar-refractivity contribution in [2.75, 3.05) is 19.6 Å². The number of halogens is 6. The predicted molar refractivity (Wildman–Crippen MR) is 104 cm³/mol. The summed E-state index contributed by atoms with van der Waals surface area (Å²) in [6.07, 6.45) is -8.24. The van der Waals surface area contributed by atoms with Gasteiger partial charge in [0.2, 0.25) is 5.88 Å². The van der Waals surface area contributed by atoms with Crippen LogP contribution in [0.25, 0.3) is 0 Å². The number of carbonyl (C=O) groups is 1. The summed E-state index contributed by atoms with van der Waals surface area (Å²) in [5.74, 6) is -1.08. The lowest BCUT2D eigenvalue weighted by molar-refractivity contribution is -0.138. The fourth-order valence-corrected chi connectivity index (χ4v) is 4.96. The average Bonchev–Trinajstić information content (AvgIpc) is 3.16. The molecule has 1 unspecified atom stereocenters. The zero-order valence-electron chi connectivity index (χ0n) is 17.0. The van der Waals surface area contributed by atoms with Gasteiger partial charge in [-0.1, -0.05) is 6.07 Å². The second kappa shape index (κ2) is 8.18.